The fraction of sp³-hybridized carbons (Fsp3) is 0.333. The van der Waals surface area contributed by atoms with Crippen LogP contribution in [-0.4, -0.2) is 48.6 Å². The van der Waals surface area contributed by atoms with Gasteiger partial charge in [0, 0.05) is 27.2 Å². The number of aryl methyl sites for hydroxylation is 2. The summed E-state index contributed by atoms with van der Waals surface area (Å²) in [5.74, 6) is 0.571. The predicted molar refractivity (Wildman–Crippen MR) is 117 cm³/mol. The molecule has 2 heterocycles. The van der Waals surface area contributed by atoms with Crippen molar-refractivity contribution >= 4 is 34.1 Å². The van der Waals surface area contributed by atoms with E-state index in [2.05, 4.69) is 15.5 Å². The minimum absolute atomic E-state index is 0.117. The summed E-state index contributed by atoms with van der Waals surface area (Å²) >= 11 is 0. The van der Waals surface area contributed by atoms with Crippen molar-refractivity contribution in [1.82, 2.24) is 9.13 Å². The largest absolute Gasteiger partial charge is 0.495 e. The number of hydrogen-bond acceptors (Lipinski definition) is 5. The van der Waals surface area contributed by atoms with Gasteiger partial charge in [0.15, 0.2) is 0 Å². The van der Waals surface area contributed by atoms with Crippen LogP contribution in [0.25, 0.3) is 11.0 Å². The topological polar surface area (TPSA) is 89.8 Å². The van der Waals surface area contributed by atoms with Crippen molar-refractivity contribution in [3.63, 3.8) is 0 Å². The maximum atomic E-state index is 12.8. The van der Waals surface area contributed by atoms with Gasteiger partial charge < -0.3 is 25.0 Å². The van der Waals surface area contributed by atoms with Crippen molar-refractivity contribution in [3.05, 3.63) is 46.9 Å². The summed E-state index contributed by atoms with van der Waals surface area (Å²) in [5.41, 5.74) is 3.47. The van der Waals surface area contributed by atoms with E-state index in [-0.39, 0.29) is 5.69 Å². The first-order valence-corrected chi connectivity index (χ1v) is 9.72. The van der Waals surface area contributed by atoms with E-state index in [4.69, 9.17) is 9.47 Å². The Balaban J connectivity index is 1.71. The SMILES string of the molecule is COc1ccccc1NC(=O)Nc1cc2c(cc1N1CCOCC1)n(C)c(=O)n2C. The average molecular weight is 411 g/mol. The van der Waals surface area contributed by atoms with Gasteiger partial charge in [-0.1, -0.05) is 12.1 Å². The summed E-state index contributed by atoms with van der Waals surface area (Å²) in [6.07, 6.45) is 0. The van der Waals surface area contributed by atoms with E-state index in [0.717, 1.165) is 16.7 Å². The van der Waals surface area contributed by atoms with Crippen molar-refractivity contribution in [2.45, 2.75) is 0 Å². The van der Waals surface area contributed by atoms with Crippen molar-refractivity contribution in [2.75, 3.05) is 48.9 Å². The molecule has 9 heteroatoms. The van der Waals surface area contributed by atoms with E-state index in [1.165, 1.54) is 0 Å². The molecule has 2 amide bonds. The number of urea groups is 1. The van der Waals surface area contributed by atoms with Crippen LogP contribution in [0.4, 0.5) is 21.9 Å². The molecular formula is C21H25N5O4. The second kappa shape index (κ2) is 8.11. The van der Waals surface area contributed by atoms with Gasteiger partial charge in [-0.05, 0) is 24.3 Å². The molecule has 0 atom stereocenters. The third-order valence-electron chi connectivity index (χ3n) is 5.34. The number of nitrogens with one attached hydrogen (secondary N) is 2. The van der Waals surface area contributed by atoms with E-state index in [9.17, 15) is 9.59 Å². The number of morpholine rings is 1. The summed E-state index contributed by atoms with van der Waals surface area (Å²) in [5, 5.41) is 5.77. The van der Waals surface area contributed by atoms with Gasteiger partial charge in [0.2, 0.25) is 0 Å². The van der Waals surface area contributed by atoms with Crippen LogP contribution in [0.1, 0.15) is 0 Å². The maximum absolute atomic E-state index is 12.8. The fourth-order valence-electron chi connectivity index (χ4n) is 3.72. The first-order chi connectivity index (χ1) is 14.5. The molecule has 30 heavy (non-hydrogen) atoms. The van der Waals surface area contributed by atoms with E-state index in [1.807, 2.05) is 24.3 Å². The average Bonchev–Trinajstić information content (AvgIpc) is 2.97. The minimum atomic E-state index is -0.394. The predicted octanol–water partition coefficient (Wildman–Crippen LogP) is 2.37. The lowest BCUT2D eigenvalue weighted by atomic mass is 10.2. The number of benzene rings is 2. The summed E-state index contributed by atoms with van der Waals surface area (Å²) in [6, 6.07) is 10.6. The number of hydrogen-bond donors (Lipinski definition) is 2. The fourth-order valence-corrected chi connectivity index (χ4v) is 3.72. The van der Waals surface area contributed by atoms with E-state index >= 15 is 0 Å². The van der Waals surface area contributed by atoms with Gasteiger partial charge in [0.25, 0.3) is 0 Å². The lowest BCUT2D eigenvalue weighted by molar-refractivity contribution is 0.123. The van der Waals surface area contributed by atoms with Crippen molar-refractivity contribution < 1.29 is 14.3 Å². The number of amides is 2. The van der Waals surface area contributed by atoms with Gasteiger partial charge in [0.1, 0.15) is 5.75 Å². The lowest BCUT2D eigenvalue weighted by Crippen LogP contribution is -2.37. The molecule has 1 fully saturated rings. The highest BCUT2D eigenvalue weighted by Gasteiger charge is 2.20. The van der Waals surface area contributed by atoms with Gasteiger partial charge in [-0.15, -0.1) is 0 Å². The van der Waals surface area contributed by atoms with Crippen LogP contribution in [-0.2, 0) is 18.8 Å². The summed E-state index contributed by atoms with van der Waals surface area (Å²) in [4.78, 5) is 27.3. The van der Waals surface area contributed by atoms with Gasteiger partial charge in [0.05, 0.1) is 48.4 Å². The second-order valence-corrected chi connectivity index (χ2v) is 7.14. The van der Waals surface area contributed by atoms with Crippen LogP contribution in [0.5, 0.6) is 5.75 Å². The molecule has 0 saturated carbocycles. The van der Waals surface area contributed by atoms with Gasteiger partial charge >= 0.3 is 11.7 Å². The molecule has 1 saturated heterocycles. The van der Waals surface area contributed by atoms with E-state index in [0.29, 0.717) is 43.4 Å². The number of fused-ring (bicyclic) bond motifs is 1. The van der Waals surface area contributed by atoms with Crippen molar-refractivity contribution in [1.29, 1.82) is 0 Å². The third-order valence-corrected chi connectivity index (χ3v) is 5.34. The van der Waals surface area contributed by atoms with Gasteiger partial charge in [-0.25, -0.2) is 9.59 Å². The van der Waals surface area contributed by atoms with Crippen LogP contribution < -0.4 is 26.0 Å². The number of aromatic nitrogens is 2. The molecule has 1 aliphatic heterocycles. The van der Waals surface area contributed by atoms with Crippen LogP contribution in [0.2, 0.25) is 0 Å². The van der Waals surface area contributed by atoms with Crippen LogP contribution in [0.15, 0.2) is 41.2 Å². The molecule has 2 N–H and O–H groups in total. The monoisotopic (exact) mass is 411 g/mol. The Hall–Kier alpha value is -3.46. The zero-order valence-corrected chi connectivity index (χ0v) is 17.3. The minimum Gasteiger partial charge on any atom is -0.495 e. The Morgan fingerprint density at radius 2 is 1.63 bits per heavy atom. The summed E-state index contributed by atoms with van der Waals surface area (Å²) in [6.45, 7) is 2.63. The molecule has 0 bridgehead atoms. The normalized spacial score (nSPS) is 14.0. The van der Waals surface area contributed by atoms with Crippen LogP contribution in [0.3, 0.4) is 0 Å². The number of ether oxygens (including phenoxy) is 2. The van der Waals surface area contributed by atoms with Crippen LogP contribution >= 0.6 is 0 Å². The zero-order chi connectivity index (χ0) is 21.3. The number of nitrogens with zero attached hydrogens (tertiary/aromatic N) is 3. The molecule has 158 valence electrons. The zero-order valence-electron chi connectivity index (χ0n) is 17.3. The molecule has 1 aromatic heterocycles. The summed E-state index contributed by atoms with van der Waals surface area (Å²) < 4.78 is 13.9. The smallest absolute Gasteiger partial charge is 0.328 e. The van der Waals surface area contributed by atoms with Gasteiger partial charge in [-0.2, -0.15) is 0 Å². The molecule has 9 nitrogen and oxygen atoms in total. The Labute approximate surface area is 173 Å². The number of methoxy groups -OCH3 is 1. The molecule has 4 rings (SSSR count). The third kappa shape index (κ3) is 3.59. The van der Waals surface area contributed by atoms with E-state index < -0.39 is 6.03 Å². The van der Waals surface area contributed by atoms with Crippen molar-refractivity contribution in [2.24, 2.45) is 14.1 Å². The number of rotatable bonds is 4. The summed E-state index contributed by atoms with van der Waals surface area (Å²) in [7, 11) is 5.02. The highest BCUT2D eigenvalue weighted by atomic mass is 16.5. The number of carbonyl (C=O) groups excluding carboxylic acids is 1. The highest BCUT2D eigenvalue weighted by Crippen LogP contribution is 2.32. The quantitative estimate of drug-likeness (QED) is 0.688. The van der Waals surface area contributed by atoms with Crippen molar-refractivity contribution in [3.8, 4) is 5.75 Å². The molecule has 2 aromatic carbocycles. The lowest BCUT2D eigenvalue weighted by Gasteiger charge is -2.30. The maximum Gasteiger partial charge on any atom is 0.328 e. The number of para-hydroxylation sites is 2. The standard InChI is InChI=1S/C21H25N5O4/c1-24-17-12-15(23-20(27)22-14-6-4-5-7-19(14)29-3)16(26-8-10-30-11-9-26)13-18(17)25(2)21(24)28/h4-7,12-13H,8-11H2,1-3H3,(H2,22,23,27). The molecule has 0 aliphatic carbocycles. The Morgan fingerprint density at radius 1 is 1.00 bits per heavy atom. The molecule has 3 aromatic rings. The number of anilines is 3. The first kappa shape index (κ1) is 19.8. The highest BCUT2D eigenvalue weighted by molar-refractivity contribution is 6.04. The Kier molecular flexibility index (Phi) is 5.37. The number of carbonyl (C=O) groups is 1. The Morgan fingerprint density at radius 3 is 2.33 bits per heavy atom. The van der Waals surface area contributed by atoms with Crippen LogP contribution in [0, 0.1) is 0 Å². The number of imidazole rings is 1. The van der Waals surface area contributed by atoms with E-state index in [1.54, 1.807) is 42.5 Å². The molecule has 0 spiro atoms. The molecule has 0 radical (unpaired) electrons. The second-order valence-electron chi connectivity index (χ2n) is 7.14. The Bertz CT molecular complexity index is 1140. The molecule has 1 aliphatic rings. The first-order valence-electron chi connectivity index (χ1n) is 9.72. The van der Waals surface area contributed by atoms with Gasteiger partial charge in [-0.3, -0.25) is 9.13 Å². The molecular weight excluding hydrogens is 386 g/mol. The molecule has 0 unspecified atom stereocenters.